The van der Waals surface area contributed by atoms with Crippen molar-refractivity contribution < 1.29 is 9.18 Å². The van der Waals surface area contributed by atoms with E-state index in [0.29, 0.717) is 5.56 Å². The molecular formula is C12H12FNO. The summed E-state index contributed by atoms with van der Waals surface area (Å²) in [7, 11) is 0. The fraction of sp³-hybridized carbons (Fsp3) is 0.333. The highest BCUT2D eigenvalue weighted by Gasteiger charge is 2.26. The van der Waals surface area contributed by atoms with Crippen LogP contribution >= 0.6 is 0 Å². The summed E-state index contributed by atoms with van der Waals surface area (Å²) >= 11 is 0. The van der Waals surface area contributed by atoms with Crippen molar-refractivity contribution in [3.8, 4) is 6.07 Å². The molecule has 0 radical (unpaired) electrons. The molecule has 15 heavy (non-hydrogen) atoms. The van der Waals surface area contributed by atoms with Gasteiger partial charge in [0.1, 0.15) is 11.6 Å². The summed E-state index contributed by atoms with van der Waals surface area (Å²) in [6, 6.07) is 5.86. The predicted octanol–water partition coefficient (Wildman–Crippen LogP) is 2.56. The van der Waals surface area contributed by atoms with Crippen molar-refractivity contribution >= 4 is 5.78 Å². The molecule has 2 nitrogen and oxygen atoms in total. The van der Waals surface area contributed by atoms with Crippen molar-refractivity contribution in [2.45, 2.75) is 26.2 Å². The van der Waals surface area contributed by atoms with Crippen LogP contribution in [0.25, 0.3) is 0 Å². The molecule has 0 bridgehead atoms. The maximum absolute atomic E-state index is 13.1. The Bertz CT molecular complexity index is 443. The Morgan fingerprint density at radius 3 is 2.47 bits per heavy atom. The third kappa shape index (κ3) is 2.21. The number of nitrogens with zero attached hydrogens (tertiary/aromatic N) is 1. The number of rotatable bonds is 2. The third-order valence-electron chi connectivity index (χ3n) is 2.63. The molecule has 0 aliphatic heterocycles. The zero-order chi connectivity index (χ0) is 11.6. The van der Waals surface area contributed by atoms with Crippen LogP contribution < -0.4 is 0 Å². The normalized spacial score (nSPS) is 10.9. The second kappa shape index (κ2) is 3.82. The molecule has 78 valence electrons. The van der Waals surface area contributed by atoms with Gasteiger partial charge in [-0.25, -0.2) is 4.39 Å². The van der Waals surface area contributed by atoms with Crippen molar-refractivity contribution in [3.05, 3.63) is 35.1 Å². The van der Waals surface area contributed by atoms with E-state index in [0.717, 1.165) is 6.07 Å². The number of hydrogen-bond acceptors (Lipinski definition) is 2. The maximum Gasteiger partial charge on any atom is 0.139 e. The van der Waals surface area contributed by atoms with Crippen molar-refractivity contribution in [2.75, 3.05) is 0 Å². The van der Waals surface area contributed by atoms with E-state index in [9.17, 15) is 9.18 Å². The van der Waals surface area contributed by atoms with Crippen molar-refractivity contribution in [1.82, 2.24) is 0 Å². The zero-order valence-corrected chi connectivity index (χ0v) is 8.97. The van der Waals surface area contributed by atoms with E-state index >= 15 is 0 Å². The van der Waals surface area contributed by atoms with Crippen LogP contribution in [-0.2, 0) is 10.2 Å². The molecule has 0 heterocycles. The van der Waals surface area contributed by atoms with Gasteiger partial charge in [-0.05, 0) is 44.5 Å². The first-order valence-corrected chi connectivity index (χ1v) is 4.60. The molecule has 0 unspecified atom stereocenters. The Kier molecular flexibility index (Phi) is 2.90. The fourth-order valence-electron chi connectivity index (χ4n) is 1.22. The van der Waals surface area contributed by atoms with Gasteiger partial charge < -0.3 is 0 Å². The van der Waals surface area contributed by atoms with Gasteiger partial charge in [0.15, 0.2) is 0 Å². The van der Waals surface area contributed by atoms with Gasteiger partial charge >= 0.3 is 0 Å². The molecule has 0 aliphatic carbocycles. The van der Waals surface area contributed by atoms with Crippen LogP contribution in [0.1, 0.15) is 31.9 Å². The minimum absolute atomic E-state index is 0.0583. The molecule has 3 heteroatoms. The highest BCUT2D eigenvalue weighted by atomic mass is 19.1. The molecule has 0 fully saturated rings. The van der Waals surface area contributed by atoms with Crippen LogP contribution in [0.5, 0.6) is 0 Å². The van der Waals surface area contributed by atoms with E-state index < -0.39 is 11.2 Å². The minimum atomic E-state index is -0.756. The highest BCUT2D eigenvalue weighted by molar-refractivity contribution is 5.87. The van der Waals surface area contributed by atoms with Crippen LogP contribution in [0.15, 0.2) is 18.2 Å². The van der Waals surface area contributed by atoms with Gasteiger partial charge in [-0.2, -0.15) is 5.26 Å². The summed E-state index contributed by atoms with van der Waals surface area (Å²) in [4.78, 5) is 11.4. The number of nitriles is 1. The largest absolute Gasteiger partial charge is 0.299 e. The lowest BCUT2D eigenvalue weighted by Gasteiger charge is -2.21. The Morgan fingerprint density at radius 1 is 1.40 bits per heavy atom. The van der Waals surface area contributed by atoms with E-state index in [4.69, 9.17) is 5.26 Å². The first-order chi connectivity index (χ1) is 6.87. The predicted molar refractivity (Wildman–Crippen MR) is 54.8 cm³/mol. The average Bonchev–Trinajstić information content (AvgIpc) is 2.16. The third-order valence-corrected chi connectivity index (χ3v) is 2.63. The van der Waals surface area contributed by atoms with E-state index in [1.807, 2.05) is 6.07 Å². The number of carbonyl (C=O) groups is 1. The zero-order valence-electron chi connectivity index (χ0n) is 8.97. The summed E-state index contributed by atoms with van der Waals surface area (Å²) in [5.41, 5.74) is 0.0131. The van der Waals surface area contributed by atoms with E-state index in [1.165, 1.54) is 13.0 Å². The lowest BCUT2D eigenvalue weighted by molar-refractivity contribution is -0.121. The van der Waals surface area contributed by atoms with Gasteiger partial charge in [0.2, 0.25) is 0 Å². The summed E-state index contributed by atoms with van der Waals surface area (Å²) in [5, 5.41) is 8.69. The van der Waals surface area contributed by atoms with Crippen LogP contribution in [-0.4, -0.2) is 5.78 Å². The number of carbonyl (C=O) groups excluding carboxylic acids is 1. The Hall–Kier alpha value is -1.69. The molecule has 0 amide bonds. The minimum Gasteiger partial charge on any atom is -0.299 e. The molecule has 0 saturated carbocycles. The Labute approximate surface area is 88.3 Å². The average molecular weight is 205 g/mol. The number of halogens is 1. The number of Topliss-reactive ketones (excluding diaryl/α,β-unsaturated/α-hetero) is 1. The molecule has 0 N–H and O–H groups in total. The van der Waals surface area contributed by atoms with Crippen molar-refractivity contribution in [2.24, 2.45) is 0 Å². The lowest BCUT2D eigenvalue weighted by atomic mass is 9.80. The molecule has 0 atom stereocenters. The summed E-state index contributed by atoms with van der Waals surface area (Å²) in [5.74, 6) is -0.546. The standard InChI is InChI=1S/C12H12FNO/c1-8(15)12(2,3)10-4-9(7-14)5-11(13)6-10/h4-6H,1-3H3. The summed E-state index contributed by atoms with van der Waals surface area (Å²) in [6.07, 6.45) is 0. The van der Waals surface area contributed by atoms with Gasteiger partial charge in [0, 0.05) is 5.41 Å². The Balaban J connectivity index is 3.33. The molecule has 0 aliphatic rings. The van der Waals surface area contributed by atoms with E-state index in [1.54, 1.807) is 19.9 Å². The SMILES string of the molecule is CC(=O)C(C)(C)c1cc(F)cc(C#N)c1. The van der Waals surface area contributed by atoms with Crippen molar-refractivity contribution in [3.63, 3.8) is 0 Å². The molecule has 1 aromatic carbocycles. The number of hydrogen-bond donors (Lipinski definition) is 0. The van der Waals surface area contributed by atoms with Gasteiger partial charge in [-0.3, -0.25) is 4.79 Å². The van der Waals surface area contributed by atoms with Gasteiger partial charge in [0.05, 0.1) is 11.6 Å². The topological polar surface area (TPSA) is 40.9 Å². The summed E-state index contributed by atoms with van der Waals surface area (Å²) < 4.78 is 13.1. The number of ketones is 1. The van der Waals surface area contributed by atoms with Gasteiger partial charge in [-0.1, -0.05) is 0 Å². The first-order valence-electron chi connectivity index (χ1n) is 4.60. The smallest absolute Gasteiger partial charge is 0.139 e. The monoisotopic (exact) mass is 205 g/mol. The molecule has 1 rings (SSSR count). The molecule has 0 saturated heterocycles. The van der Waals surface area contributed by atoms with Crippen LogP contribution in [0.4, 0.5) is 4.39 Å². The second-order valence-electron chi connectivity index (χ2n) is 4.02. The number of benzene rings is 1. The van der Waals surface area contributed by atoms with Gasteiger partial charge in [0.25, 0.3) is 0 Å². The van der Waals surface area contributed by atoms with Crippen LogP contribution in [0.2, 0.25) is 0 Å². The van der Waals surface area contributed by atoms with Crippen LogP contribution in [0.3, 0.4) is 0 Å². The second-order valence-corrected chi connectivity index (χ2v) is 4.02. The van der Waals surface area contributed by atoms with Gasteiger partial charge in [-0.15, -0.1) is 0 Å². The van der Waals surface area contributed by atoms with Crippen molar-refractivity contribution in [1.29, 1.82) is 5.26 Å². The van der Waals surface area contributed by atoms with Crippen LogP contribution in [0, 0.1) is 17.1 Å². The maximum atomic E-state index is 13.1. The quantitative estimate of drug-likeness (QED) is 0.744. The molecule has 1 aromatic rings. The molecule has 0 spiro atoms. The Morgan fingerprint density at radius 2 is 2.00 bits per heavy atom. The highest BCUT2D eigenvalue weighted by Crippen LogP contribution is 2.25. The molecular weight excluding hydrogens is 193 g/mol. The van der Waals surface area contributed by atoms with E-state index in [-0.39, 0.29) is 11.3 Å². The van der Waals surface area contributed by atoms with E-state index in [2.05, 4.69) is 0 Å². The first kappa shape index (κ1) is 11.4. The summed E-state index contributed by atoms with van der Waals surface area (Å²) in [6.45, 7) is 4.88. The molecule has 0 aromatic heterocycles. The fourth-order valence-corrected chi connectivity index (χ4v) is 1.22. The lowest BCUT2D eigenvalue weighted by Crippen LogP contribution is -2.26.